The summed E-state index contributed by atoms with van der Waals surface area (Å²) in [5.74, 6) is 0. The van der Waals surface area contributed by atoms with Crippen LogP contribution in [0.1, 0.15) is 19.8 Å². The van der Waals surface area contributed by atoms with Crippen LogP contribution in [-0.4, -0.2) is 21.1 Å². The fourth-order valence-electron chi connectivity index (χ4n) is 1.22. The maximum atomic E-state index is 2.30. The summed E-state index contributed by atoms with van der Waals surface area (Å²) in [4.78, 5) is 0. The second-order valence-electron chi connectivity index (χ2n) is 2.94. The van der Waals surface area contributed by atoms with Crippen LogP contribution in [0.15, 0.2) is 30.3 Å². The molecule has 1 aromatic rings. The number of unbranched alkanes of at least 4 members (excludes halogenated alkanes) is 1. The molecule has 0 aromatic heterocycles. The summed E-state index contributed by atoms with van der Waals surface area (Å²) in [6.07, 6.45) is 2.81. The molecule has 0 N–H and O–H groups in total. The standard InChI is InChI=1S/C6H5.C4H9.Sn.2H/c1-2-4-6-5-3-1;1-3-4-2;;;/h1-5H;1,3-4H2,2H3;;;. The molecule has 0 unspecified atom stereocenters. The maximum absolute atomic E-state index is 2.30. The van der Waals surface area contributed by atoms with Crippen LogP contribution in [-0.2, 0) is 0 Å². The molecular weight excluding hydrogens is 239 g/mol. The van der Waals surface area contributed by atoms with Gasteiger partial charge in [0.05, 0.1) is 0 Å². The zero-order valence-electron chi connectivity index (χ0n) is 7.22. The SMILES string of the molecule is CCC[CH2][SnH2][c]1ccccc1. The average Bonchev–Trinajstić information content (AvgIpc) is 2.07. The van der Waals surface area contributed by atoms with Crippen LogP contribution < -0.4 is 3.58 Å². The van der Waals surface area contributed by atoms with Crippen LogP contribution in [0, 0.1) is 0 Å². The Morgan fingerprint density at radius 2 is 1.91 bits per heavy atom. The van der Waals surface area contributed by atoms with Crippen molar-refractivity contribution in [1.82, 2.24) is 0 Å². The van der Waals surface area contributed by atoms with E-state index in [4.69, 9.17) is 0 Å². The Balaban J connectivity index is 2.28. The van der Waals surface area contributed by atoms with Gasteiger partial charge in [-0.25, -0.2) is 0 Å². The molecule has 0 aliphatic rings. The van der Waals surface area contributed by atoms with Crippen LogP contribution in [0.4, 0.5) is 0 Å². The topological polar surface area (TPSA) is 0 Å². The second-order valence-corrected chi connectivity index (χ2v) is 8.72. The van der Waals surface area contributed by atoms with Crippen molar-refractivity contribution in [2.24, 2.45) is 0 Å². The van der Waals surface area contributed by atoms with Crippen LogP contribution in [0.5, 0.6) is 0 Å². The fourth-order valence-corrected chi connectivity index (χ4v) is 6.26. The molecule has 0 bridgehead atoms. The van der Waals surface area contributed by atoms with Gasteiger partial charge in [0, 0.05) is 0 Å². The van der Waals surface area contributed by atoms with Gasteiger partial charge in [-0.15, -0.1) is 0 Å². The number of hydrogen-bond donors (Lipinski definition) is 0. The first kappa shape index (κ1) is 9.11. The van der Waals surface area contributed by atoms with E-state index in [2.05, 4.69) is 37.3 Å². The number of rotatable bonds is 4. The summed E-state index contributed by atoms with van der Waals surface area (Å²) in [5.41, 5.74) is 0. The van der Waals surface area contributed by atoms with Crippen LogP contribution in [0.3, 0.4) is 0 Å². The zero-order valence-corrected chi connectivity index (χ0v) is 11.3. The predicted molar refractivity (Wildman–Crippen MR) is 54.3 cm³/mol. The average molecular weight is 255 g/mol. The van der Waals surface area contributed by atoms with Crippen molar-refractivity contribution in [3.8, 4) is 0 Å². The minimum atomic E-state index is -0.520. The summed E-state index contributed by atoms with van der Waals surface area (Å²) in [5, 5.41) is 0. The van der Waals surface area contributed by atoms with E-state index in [-0.39, 0.29) is 0 Å². The monoisotopic (exact) mass is 256 g/mol. The van der Waals surface area contributed by atoms with Gasteiger partial charge in [-0.05, 0) is 0 Å². The van der Waals surface area contributed by atoms with Gasteiger partial charge in [-0.3, -0.25) is 0 Å². The summed E-state index contributed by atoms with van der Waals surface area (Å²) >= 11 is -0.520. The number of benzene rings is 1. The molecule has 1 heteroatoms. The molecule has 0 heterocycles. The molecule has 0 spiro atoms. The van der Waals surface area contributed by atoms with Crippen LogP contribution >= 0.6 is 0 Å². The van der Waals surface area contributed by atoms with E-state index >= 15 is 0 Å². The molecule has 0 aliphatic heterocycles. The van der Waals surface area contributed by atoms with Crippen molar-refractivity contribution in [3.05, 3.63) is 30.3 Å². The quantitative estimate of drug-likeness (QED) is 0.567. The normalized spacial score (nSPS) is 11.0. The Morgan fingerprint density at radius 1 is 1.18 bits per heavy atom. The third kappa shape index (κ3) is 3.80. The van der Waals surface area contributed by atoms with E-state index in [1.165, 1.54) is 12.8 Å². The van der Waals surface area contributed by atoms with Gasteiger partial charge in [-0.1, -0.05) is 0 Å². The van der Waals surface area contributed by atoms with Gasteiger partial charge >= 0.3 is 79.3 Å². The molecule has 11 heavy (non-hydrogen) atoms. The molecule has 1 rings (SSSR count). The first-order chi connectivity index (χ1) is 5.43. The molecule has 0 fully saturated rings. The Bertz CT molecular complexity index is 181. The third-order valence-corrected chi connectivity index (χ3v) is 7.34. The molecule has 0 amide bonds. The molecule has 1 aromatic carbocycles. The van der Waals surface area contributed by atoms with Crippen molar-refractivity contribution in [2.45, 2.75) is 24.2 Å². The van der Waals surface area contributed by atoms with E-state index in [0.29, 0.717) is 0 Å². The second kappa shape index (κ2) is 5.64. The van der Waals surface area contributed by atoms with Crippen molar-refractivity contribution >= 4 is 24.7 Å². The summed E-state index contributed by atoms with van der Waals surface area (Å²) < 4.78 is 3.23. The third-order valence-electron chi connectivity index (χ3n) is 1.91. The fraction of sp³-hybridized carbons (Fsp3) is 0.400. The molecule has 0 aliphatic carbocycles. The molecule has 0 atom stereocenters. The molecule has 0 radical (unpaired) electrons. The first-order valence-electron chi connectivity index (χ1n) is 4.47. The molecule has 60 valence electrons. The van der Waals surface area contributed by atoms with Gasteiger partial charge in [0.1, 0.15) is 0 Å². The molecule has 0 saturated carbocycles. The van der Waals surface area contributed by atoms with Crippen LogP contribution in [0.25, 0.3) is 0 Å². The van der Waals surface area contributed by atoms with Crippen molar-refractivity contribution in [3.63, 3.8) is 0 Å². The molecule has 0 nitrogen and oxygen atoms in total. The Hall–Kier alpha value is 0.0187. The van der Waals surface area contributed by atoms with E-state index < -0.39 is 21.1 Å². The van der Waals surface area contributed by atoms with Gasteiger partial charge in [0.25, 0.3) is 0 Å². The Labute approximate surface area is 79.2 Å². The summed E-state index contributed by atoms with van der Waals surface area (Å²) in [6.45, 7) is 2.27. The van der Waals surface area contributed by atoms with Gasteiger partial charge in [0.2, 0.25) is 0 Å². The van der Waals surface area contributed by atoms with E-state index in [1.54, 1.807) is 8.02 Å². The van der Waals surface area contributed by atoms with E-state index in [0.717, 1.165) is 0 Å². The van der Waals surface area contributed by atoms with E-state index in [9.17, 15) is 0 Å². The number of hydrogen-bond acceptors (Lipinski definition) is 0. The Morgan fingerprint density at radius 3 is 2.55 bits per heavy atom. The minimum absolute atomic E-state index is 0.520. The van der Waals surface area contributed by atoms with Gasteiger partial charge in [-0.2, -0.15) is 0 Å². The zero-order chi connectivity index (χ0) is 7.94. The summed E-state index contributed by atoms with van der Waals surface area (Å²) in [6, 6.07) is 11.0. The molecule has 0 saturated heterocycles. The Kier molecular flexibility index (Phi) is 4.67. The van der Waals surface area contributed by atoms with Gasteiger partial charge < -0.3 is 0 Å². The van der Waals surface area contributed by atoms with Crippen molar-refractivity contribution in [2.75, 3.05) is 0 Å². The molecular formula is C10H16Sn. The van der Waals surface area contributed by atoms with Crippen molar-refractivity contribution < 1.29 is 0 Å². The van der Waals surface area contributed by atoms with Crippen LogP contribution in [0.2, 0.25) is 4.44 Å². The summed E-state index contributed by atoms with van der Waals surface area (Å²) in [7, 11) is 0. The van der Waals surface area contributed by atoms with Gasteiger partial charge in [0.15, 0.2) is 0 Å². The predicted octanol–water partition coefficient (Wildman–Crippen LogP) is 1.70. The van der Waals surface area contributed by atoms with E-state index in [1.807, 2.05) is 0 Å². The first-order valence-corrected chi connectivity index (χ1v) is 9.34. The van der Waals surface area contributed by atoms with Crippen molar-refractivity contribution in [1.29, 1.82) is 0 Å².